The Morgan fingerprint density at radius 3 is 2.44 bits per heavy atom. The largest absolute Gasteiger partial charge is 0.393 e. The van der Waals surface area contributed by atoms with E-state index in [0.29, 0.717) is 0 Å². The van der Waals surface area contributed by atoms with Crippen LogP contribution in [0.5, 0.6) is 0 Å². The molecule has 0 aromatic heterocycles. The SMILES string of the molecule is Cc1ccc(-c2ccc(N)c([N+](=O)[O-])c2)c(C)c1. The van der Waals surface area contributed by atoms with E-state index in [1.165, 1.54) is 11.6 Å². The number of rotatable bonds is 2. The van der Waals surface area contributed by atoms with Crippen LogP contribution in [0, 0.1) is 24.0 Å². The van der Waals surface area contributed by atoms with Gasteiger partial charge in [0.25, 0.3) is 5.69 Å². The third-order valence-corrected chi connectivity index (χ3v) is 2.92. The van der Waals surface area contributed by atoms with Crippen molar-refractivity contribution >= 4 is 11.4 Å². The number of nitrogens with two attached hydrogens (primary N) is 1. The average molecular weight is 242 g/mol. The number of hydrogen-bond donors (Lipinski definition) is 1. The molecular formula is C14H14N2O2. The van der Waals surface area contributed by atoms with Crippen molar-refractivity contribution in [3.05, 3.63) is 57.6 Å². The Hall–Kier alpha value is -2.36. The number of nitrogen functional groups attached to an aromatic ring is 1. The smallest absolute Gasteiger partial charge is 0.292 e. The second-order valence-electron chi connectivity index (χ2n) is 4.35. The predicted octanol–water partition coefficient (Wildman–Crippen LogP) is 3.46. The van der Waals surface area contributed by atoms with Crippen LogP contribution in [0.3, 0.4) is 0 Å². The molecule has 0 radical (unpaired) electrons. The molecule has 0 atom stereocenters. The monoisotopic (exact) mass is 242 g/mol. The van der Waals surface area contributed by atoms with Gasteiger partial charge in [-0.15, -0.1) is 0 Å². The molecule has 0 heterocycles. The van der Waals surface area contributed by atoms with Gasteiger partial charge in [0.15, 0.2) is 0 Å². The van der Waals surface area contributed by atoms with Gasteiger partial charge in [0.2, 0.25) is 0 Å². The Morgan fingerprint density at radius 1 is 1.11 bits per heavy atom. The van der Waals surface area contributed by atoms with Crippen molar-refractivity contribution in [3.63, 3.8) is 0 Å². The molecule has 0 unspecified atom stereocenters. The Bertz CT molecular complexity index is 621. The van der Waals surface area contributed by atoms with E-state index in [9.17, 15) is 10.1 Å². The highest BCUT2D eigenvalue weighted by Gasteiger charge is 2.13. The van der Waals surface area contributed by atoms with Crippen LogP contribution in [0.15, 0.2) is 36.4 Å². The molecule has 2 aromatic carbocycles. The fraction of sp³-hybridized carbons (Fsp3) is 0.143. The molecule has 0 aliphatic heterocycles. The van der Waals surface area contributed by atoms with Gasteiger partial charge in [-0.1, -0.05) is 29.8 Å². The quantitative estimate of drug-likeness (QED) is 0.498. The van der Waals surface area contributed by atoms with E-state index in [-0.39, 0.29) is 11.4 Å². The summed E-state index contributed by atoms with van der Waals surface area (Å²) in [7, 11) is 0. The van der Waals surface area contributed by atoms with Crippen LogP contribution in [0.1, 0.15) is 11.1 Å². The number of hydrogen-bond acceptors (Lipinski definition) is 3. The third-order valence-electron chi connectivity index (χ3n) is 2.92. The van der Waals surface area contributed by atoms with Crippen LogP contribution in [-0.2, 0) is 0 Å². The van der Waals surface area contributed by atoms with Crippen molar-refractivity contribution in [2.24, 2.45) is 0 Å². The first-order valence-electron chi connectivity index (χ1n) is 5.60. The van der Waals surface area contributed by atoms with Crippen LogP contribution in [0.25, 0.3) is 11.1 Å². The molecule has 0 aliphatic rings. The summed E-state index contributed by atoms with van der Waals surface area (Å²) in [5.41, 5.74) is 9.79. The van der Waals surface area contributed by atoms with E-state index in [1.807, 2.05) is 26.0 Å². The van der Waals surface area contributed by atoms with Crippen LogP contribution in [-0.4, -0.2) is 4.92 Å². The molecule has 18 heavy (non-hydrogen) atoms. The maximum absolute atomic E-state index is 10.9. The highest BCUT2D eigenvalue weighted by Crippen LogP contribution is 2.30. The molecule has 0 saturated carbocycles. The van der Waals surface area contributed by atoms with E-state index < -0.39 is 4.92 Å². The van der Waals surface area contributed by atoms with Crippen molar-refractivity contribution in [2.45, 2.75) is 13.8 Å². The average Bonchev–Trinajstić information content (AvgIpc) is 2.30. The molecule has 2 rings (SSSR count). The van der Waals surface area contributed by atoms with Crippen LogP contribution in [0.4, 0.5) is 11.4 Å². The van der Waals surface area contributed by atoms with Crippen LogP contribution in [0.2, 0.25) is 0 Å². The van der Waals surface area contributed by atoms with Gasteiger partial charge in [-0.3, -0.25) is 10.1 Å². The van der Waals surface area contributed by atoms with E-state index in [4.69, 9.17) is 5.73 Å². The summed E-state index contributed by atoms with van der Waals surface area (Å²) in [6.45, 7) is 4.01. The number of anilines is 1. The standard InChI is InChI=1S/C14H14N2O2/c1-9-3-5-12(10(2)7-9)11-4-6-13(15)14(8-11)16(17)18/h3-8H,15H2,1-2H3. The van der Waals surface area contributed by atoms with E-state index in [1.54, 1.807) is 12.1 Å². The molecule has 2 N–H and O–H groups in total. The fourth-order valence-corrected chi connectivity index (χ4v) is 2.01. The summed E-state index contributed by atoms with van der Waals surface area (Å²) in [5, 5.41) is 10.9. The number of nitro benzene ring substituents is 1. The molecule has 0 spiro atoms. The molecule has 0 fully saturated rings. The van der Waals surface area contributed by atoms with Crippen molar-refractivity contribution in [1.82, 2.24) is 0 Å². The minimum Gasteiger partial charge on any atom is -0.393 e. The topological polar surface area (TPSA) is 69.2 Å². The summed E-state index contributed by atoms with van der Waals surface area (Å²) >= 11 is 0. The van der Waals surface area contributed by atoms with Crippen molar-refractivity contribution in [3.8, 4) is 11.1 Å². The highest BCUT2D eigenvalue weighted by molar-refractivity contribution is 5.74. The Labute approximate surface area is 105 Å². The lowest BCUT2D eigenvalue weighted by molar-refractivity contribution is -0.383. The lowest BCUT2D eigenvalue weighted by atomic mass is 9.98. The number of benzene rings is 2. The molecule has 0 aliphatic carbocycles. The summed E-state index contributed by atoms with van der Waals surface area (Å²) < 4.78 is 0. The van der Waals surface area contributed by atoms with Gasteiger partial charge in [0.1, 0.15) is 5.69 Å². The maximum atomic E-state index is 10.9. The Balaban J connectivity index is 2.58. The lowest BCUT2D eigenvalue weighted by Gasteiger charge is -2.08. The summed E-state index contributed by atoms with van der Waals surface area (Å²) in [5.74, 6) is 0. The zero-order chi connectivity index (χ0) is 13.3. The first kappa shape index (κ1) is 12.1. The van der Waals surface area contributed by atoms with Gasteiger partial charge < -0.3 is 5.73 Å². The van der Waals surface area contributed by atoms with E-state index in [2.05, 4.69) is 6.07 Å². The summed E-state index contributed by atoms with van der Waals surface area (Å²) in [6.07, 6.45) is 0. The molecule has 4 nitrogen and oxygen atoms in total. The fourth-order valence-electron chi connectivity index (χ4n) is 2.01. The van der Waals surface area contributed by atoms with E-state index in [0.717, 1.165) is 16.7 Å². The second-order valence-corrected chi connectivity index (χ2v) is 4.35. The minimum atomic E-state index is -0.456. The van der Waals surface area contributed by atoms with Crippen molar-refractivity contribution < 1.29 is 4.92 Å². The number of nitrogens with zero attached hydrogens (tertiary/aromatic N) is 1. The van der Waals surface area contributed by atoms with Gasteiger partial charge in [-0.2, -0.15) is 0 Å². The zero-order valence-corrected chi connectivity index (χ0v) is 10.3. The van der Waals surface area contributed by atoms with Crippen LogP contribution < -0.4 is 5.73 Å². The lowest BCUT2D eigenvalue weighted by Crippen LogP contribution is -1.96. The van der Waals surface area contributed by atoms with Gasteiger partial charge in [0.05, 0.1) is 4.92 Å². The number of aryl methyl sites for hydroxylation is 2. The maximum Gasteiger partial charge on any atom is 0.292 e. The predicted molar refractivity (Wildman–Crippen MR) is 72.4 cm³/mol. The van der Waals surface area contributed by atoms with Crippen LogP contribution >= 0.6 is 0 Å². The molecule has 0 saturated heterocycles. The van der Waals surface area contributed by atoms with Gasteiger partial charge in [-0.05, 0) is 36.6 Å². The third kappa shape index (κ3) is 2.18. The molecular weight excluding hydrogens is 228 g/mol. The molecule has 4 heteroatoms. The minimum absolute atomic E-state index is 0.0486. The normalized spacial score (nSPS) is 10.3. The molecule has 0 amide bonds. The number of nitro groups is 1. The van der Waals surface area contributed by atoms with Gasteiger partial charge in [-0.25, -0.2) is 0 Å². The second kappa shape index (κ2) is 4.49. The zero-order valence-electron chi connectivity index (χ0n) is 10.3. The molecule has 0 bridgehead atoms. The first-order chi connectivity index (χ1) is 8.49. The first-order valence-corrected chi connectivity index (χ1v) is 5.60. The van der Waals surface area contributed by atoms with Gasteiger partial charge in [0, 0.05) is 6.07 Å². The molecule has 92 valence electrons. The van der Waals surface area contributed by atoms with E-state index >= 15 is 0 Å². The van der Waals surface area contributed by atoms with Crippen molar-refractivity contribution in [2.75, 3.05) is 5.73 Å². The molecule has 2 aromatic rings. The Kier molecular flexibility index (Phi) is 3.02. The summed E-state index contributed by atoms with van der Waals surface area (Å²) in [4.78, 5) is 10.4. The van der Waals surface area contributed by atoms with Gasteiger partial charge >= 0.3 is 0 Å². The highest BCUT2D eigenvalue weighted by atomic mass is 16.6. The van der Waals surface area contributed by atoms with Crippen molar-refractivity contribution in [1.29, 1.82) is 0 Å². The Morgan fingerprint density at radius 2 is 1.83 bits per heavy atom. The summed E-state index contributed by atoms with van der Waals surface area (Å²) in [6, 6.07) is 10.9.